The lowest BCUT2D eigenvalue weighted by Crippen LogP contribution is -2.42. The van der Waals surface area contributed by atoms with Gasteiger partial charge in [-0.15, -0.1) is 0 Å². The largest absolute Gasteiger partial charge is 0.463 e. The third-order valence-corrected chi connectivity index (χ3v) is 4.08. The first-order valence-corrected chi connectivity index (χ1v) is 8.38. The lowest BCUT2D eigenvalue weighted by atomic mass is 9.97. The van der Waals surface area contributed by atoms with Crippen molar-refractivity contribution in [3.8, 4) is 0 Å². The molecular weight excluding hydrogens is 306 g/mol. The van der Waals surface area contributed by atoms with E-state index in [-0.39, 0.29) is 24.5 Å². The highest BCUT2D eigenvalue weighted by atomic mass is 16.5. The fraction of sp³-hybridized carbons (Fsp3) is 0.474. The molecular formula is C19H25NO4. The van der Waals surface area contributed by atoms with Crippen LogP contribution in [0.2, 0.25) is 0 Å². The fourth-order valence-electron chi connectivity index (χ4n) is 2.78. The lowest BCUT2D eigenvalue weighted by Gasteiger charge is -2.33. The maximum Gasteiger partial charge on any atom is 0.330 e. The Balaban J connectivity index is 1.77. The van der Waals surface area contributed by atoms with E-state index >= 15 is 0 Å². The van der Waals surface area contributed by atoms with Gasteiger partial charge in [0, 0.05) is 18.7 Å². The average Bonchev–Trinajstić information content (AvgIpc) is 2.57. The van der Waals surface area contributed by atoms with Gasteiger partial charge in [0.2, 0.25) is 0 Å². The van der Waals surface area contributed by atoms with Gasteiger partial charge in [-0.3, -0.25) is 9.69 Å². The standard InChI is InChI=1S/C19H25NO4/c1-3-23-18(21)12-17-9-10-20(15(2)11-17)13-19(22)24-14-16-7-5-4-6-8-16/h4-8,12,15H,3,9-11,13-14H2,1-2H3/b17-12+. The van der Waals surface area contributed by atoms with Gasteiger partial charge in [-0.25, -0.2) is 4.79 Å². The number of benzene rings is 1. The molecule has 130 valence electrons. The second-order valence-corrected chi connectivity index (χ2v) is 5.97. The van der Waals surface area contributed by atoms with Crippen LogP contribution in [0.25, 0.3) is 0 Å². The van der Waals surface area contributed by atoms with Crippen molar-refractivity contribution in [3.05, 3.63) is 47.5 Å². The molecule has 1 unspecified atom stereocenters. The van der Waals surface area contributed by atoms with Gasteiger partial charge in [0.05, 0.1) is 13.2 Å². The molecule has 1 aliphatic rings. The number of carbonyl (C=O) groups is 2. The van der Waals surface area contributed by atoms with Gasteiger partial charge in [-0.05, 0) is 32.3 Å². The zero-order valence-electron chi connectivity index (χ0n) is 14.4. The zero-order chi connectivity index (χ0) is 17.4. The summed E-state index contributed by atoms with van der Waals surface area (Å²) in [5.41, 5.74) is 2.06. The minimum absolute atomic E-state index is 0.198. The molecule has 0 bridgehead atoms. The third kappa shape index (κ3) is 5.81. The Hall–Kier alpha value is -2.14. The predicted octanol–water partition coefficient (Wildman–Crippen LogP) is 2.70. The fourth-order valence-corrected chi connectivity index (χ4v) is 2.78. The van der Waals surface area contributed by atoms with Gasteiger partial charge >= 0.3 is 11.9 Å². The van der Waals surface area contributed by atoms with Crippen LogP contribution in [-0.2, 0) is 25.7 Å². The van der Waals surface area contributed by atoms with Crippen molar-refractivity contribution in [1.29, 1.82) is 0 Å². The first kappa shape index (κ1) is 18.2. The zero-order valence-corrected chi connectivity index (χ0v) is 14.4. The Bertz CT molecular complexity index is 582. The molecule has 24 heavy (non-hydrogen) atoms. The highest BCUT2D eigenvalue weighted by Gasteiger charge is 2.24. The number of hydrogen-bond acceptors (Lipinski definition) is 5. The smallest absolute Gasteiger partial charge is 0.330 e. The van der Waals surface area contributed by atoms with Crippen molar-refractivity contribution in [2.24, 2.45) is 0 Å². The van der Waals surface area contributed by atoms with E-state index in [1.165, 1.54) is 0 Å². The number of piperidine rings is 1. The number of likely N-dealkylation sites (tertiary alicyclic amines) is 1. The molecule has 0 saturated carbocycles. The highest BCUT2D eigenvalue weighted by Crippen LogP contribution is 2.22. The first-order valence-electron chi connectivity index (χ1n) is 8.38. The molecule has 0 N–H and O–H groups in total. The SMILES string of the molecule is CCOC(=O)/C=C1\CCN(CC(=O)OCc2ccccc2)C(C)C1. The molecule has 1 atom stereocenters. The predicted molar refractivity (Wildman–Crippen MR) is 91.2 cm³/mol. The molecule has 1 aromatic carbocycles. The van der Waals surface area contributed by atoms with E-state index < -0.39 is 0 Å². The Kier molecular flexibility index (Phi) is 7.00. The number of ether oxygens (including phenoxy) is 2. The van der Waals surface area contributed by atoms with Crippen molar-refractivity contribution in [1.82, 2.24) is 4.90 Å². The number of rotatable bonds is 6. The summed E-state index contributed by atoms with van der Waals surface area (Å²) >= 11 is 0. The van der Waals surface area contributed by atoms with Crippen molar-refractivity contribution in [2.75, 3.05) is 19.7 Å². The van der Waals surface area contributed by atoms with E-state index in [2.05, 4.69) is 11.8 Å². The second kappa shape index (κ2) is 9.23. The summed E-state index contributed by atoms with van der Waals surface area (Å²) in [7, 11) is 0. The van der Waals surface area contributed by atoms with Crippen LogP contribution in [0.1, 0.15) is 32.3 Å². The van der Waals surface area contributed by atoms with Gasteiger partial charge in [0.1, 0.15) is 6.61 Å². The molecule has 0 amide bonds. The first-order chi connectivity index (χ1) is 11.6. The van der Waals surface area contributed by atoms with E-state index in [0.717, 1.165) is 30.5 Å². The number of esters is 2. The van der Waals surface area contributed by atoms with E-state index in [1.54, 1.807) is 13.0 Å². The van der Waals surface area contributed by atoms with E-state index in [1.807, 2.05) is 30.3 Å². The van der Waals surface area contributed by atoms with Gasteiger partial charge < -0.3 is 9.47 Å². The van der Waals surface area contributed by atoms with Gasteiger partial charge in [-0.2, -0.15) is 0 Å². The minimum Gasteiger partial charge on any atom is -0.463 e. The molecule has 0 spiro atoms. The molecule has 1 heterocycles. The van der Waals surface area contributed by atoms with E-state index in [0.29, 0.717) is 13.2 Å². The quantitative estimate of drug-likeness (QED) is 0.592. The van der Waals surface area contributed by atoms with Crippen LogP contribution in [0.4, 0.5) is 0 Å². The Labute approximate surface area is 143 Å². The van der Waals surface area contributed by atoms with E-state index in [9.17, 15) is 9.59 Å². The molecule has 0 aromatic heterocycles. The van der Waals surface area contributed by atoms with Crippen LogP contribution in [0.3, 0.4) is 0 Å². The molecule has 0 aliphatic carbocycles. The Morgan fingerprint density at radius 2 is 2.00 bits per heavy atom. The number of hydrogen-bond donors (Lipinski definition) is 0. The number of nitrogens with zero attached hydrogens (tertiary/aromatic N) is 1. The summed E-state index contributed by atoms with van der Waals surface area (Å²) in [5.74, 6) is -0.501. The maximum atomic E-state index is 12.0. The molecule has 2 rings (SSSR count). The second-order valence-electron chi connectivity index (χ2n) is 5.97. The van der Waals surface area contributed by atoms with Crippen molar-refractivity contribution in [3.63, 3.8) is 0 Å². The topological polar surface area (TPSA) is 55.8 Å². The summed E-state index contributed by atoms with van der Waals surface area (Å²) < 4.78 is 10.3. The maximum absolute atomic E-state index is 12.0. The normalized spacial score (nSPS) is 19.9. The lowest BCUT2D eigenvalue weighted by molar-refractivity contribution is -0.147. The molecule has 5 nitrogen and oxygen atoms in total. The highest BCUT2D eigenvalue weighted by molar-refractivity contribution is 5.82. The van der Waals surface area contributed by atoms with Crippen LogP contribution >= 0.6 is 0 Å². The summed E-state index contributed by atoms with van der Waals surface area (Å²) in [4.78, 5) is 25.6. The number of carbonyl (C=O) groups excluding carboxylic acids is 2. The van der Waals surface area contributed by atoms with Crippen molar-refractivity contribution < 1.29 is 19.1 Å². The van der Waals surface area contributed by atoms with Gasteiger partial charge in [0.15, 0.2) is 0 Å². The molecule has 5 heteroatoms. The molecule has 1 saturated heterocycles. The molecule has 0 radical (unpaired) electrons. The summed E-state index contributed by atoms with van der Waals surface area (Å²) in [6, 6.07) is 9.85. The average molecular weight is 331 g/mol. The van der Waals surface area contributed by atoms with Crippen LogP contribution in [0.15, 0.2) is 42.0 Å². The summed E-state index contributed by atoms with van der Waals surface area (Å²) in [6.45, 7) is 5.56. The molecule has 1 aliphatic heterocycles. The summed E-state index contributed by atoms with van der Waals surface area (Å²) in [6.07, 6.45) is 3.13. The minimum atomic E-state index is -0.282. The third-order valence-electron chi connectivity index (χ3n) is 4.08. The van der Waals surface area contributed by atoms with Gasteiger partial charge in [0.25, 0.3) is 0 Å². The van der Waals surface area contributed by atoms with Gasteiger partial charge in [-0.1, -0.05) is 35.9 Å². The molecule has 1 fully saturated rings. The summed E-state index contributed by atoms with van der Waals surface area (Å²) in [5, 5.41) is 0. The Morgan fingerprint density at radius 1 is 1.25 bits per heavy atom. The van der Waals surface area contributed by atoms with Crippen LogP contribution in [-0.4, -0.2) is 42.6 Å². The monoisotopic (exact) mass is 331 g/mol. The molecule has 1 aromatic rings. The van der Waals surface area contributed by atoms with Crippen LogP contribution < -0.4 is 0 Å². The van der Waals surface area contributed by atoms with Crippen molar-refractivity contribution in [2.45, 2.75) is 39.3 Å². The van der Waals surface area contributed by atoms with Crippen molar-refractivity contribution >= 4 is 11.9 Å². The van der Waals surface area contributed by atoms with E-state index in [4.69, 9.17) is 9.47 Å². The van der Waals surface area contributed by atoms with Crippen LogP contribution in [0, 0.1) is 0 Å². The Morgan fingerprint density at radius 3 is 2.67 bits per heavy atom. The van der Waals surface area contributed by atoms with Crippen LogP contribution in [0.5, 0.6) is 0 Å².